The van der Waals surface area contributed by atoms with Crippen molar-refractivity contribution in [1.29, 1.82) is 0 Å². The van der Waals surface area contributed by atoms with Crippen LogP contribution in [0.15, 0.2) is 10.7 Å². The van der Waals surface area contributed by atoms with Crippen LogP contribution in [0.2, 0.25) is 0 Å². The number of aryl methyl sites for hydroxylation is 2. The number of rotatable bonds is 4. The summed E-state index contributed by atoms with van der Waals surface area (Å²) in [4.78, 5) is 13.8. The van der Waals surface area contributed by atoms with Crippen molar-refractivity contribution >= 4 is 5.91 Å². The van der Waals surface area contributed by atoms with Gasteiger partial charge in [0, 0.05) is 18.7 Å². The molecule has 4 nitrogen and oxygen atoms in total. The van der Waals surface area contributed by atoms with Gasteiger partial charge < -0.3 is 14.6 Å². The Labute approximate surface area is 90.3 Å². The number of amides is 1. The van der Waals surface area contributed by atoms with Gasteiger partial charge in [0.25, 0.3) is 5.91 Å². The monoisotopic (exact) mass is 210 g/mol. The molecule has 0 fully saturated rings. The van der Waals surface area contributed by atoms with Gasteiger partial charge >= 0.3 is 0 Å². The van der Waals surface area contributed by atoms with Gasteiger partial charge in [-0.15, -0.1) is 0 Å². The maximum Gasteiger partial charge on any atom is 0.255 e. The van der Waals surface area contributed by atoms with E-state index in [4.69, 9.17) is 4.42 Å². The molecule has 15 heavy (non-hydrogen) atoms. The summed E-state index contributed by atoms with van der Waals surface area (Å²) in [5.41, 5.74) is 1.55. The Morgan fingerprint density at radius 2 is 2.13 bits per heavy atom. The second kappa shape index (κ2) is 4.98. The van der Waals surface area contributed by atoms with E-state index in [0.717, 1.165) is 12.1 Å². The number of carbonyl (C=O) groups is 1. The third-order valence-corrected chi connectivity index (χ3v) is 2.23. The van der Waals surface area contributed by atoms with Crippen molar-refractivity contribution in [3.05, 3.63) is 23.2 Å². The second-order valence-corrected chi connectivity index (χ2v) is 3.91. The van der Waals surface area contributed by atoms with Crippen LogP contribution in [0.1, 0.15) is 21.7 Å². The summed E-state index contributed by atoms with van der Waals surface area (Å²) >= 11 is 0. The van der Waals surface area contributed by atoms with Gasteiger partial charge in [-0.3, -0.25) is 4.79 Å². The SMILES string of the molecule is Cc1coc(C)c1C(=O)NCCN(C)C. The summed E-state index contributed by atoms with van der Waals surface area (Å²) in [6.07, 6.45) is 1.61. The molecule has 4 heteroatoms. The van der Waals surface area contributed by atoms with Crippen LogP contribution in [-0.4, -0.2) is 38.0 Å². The van der Waals surface area contributed by atoms with Crippen LogP contribution in [-0.2, 0) is 0 Å². The normalized spacial score (nSPS) is 10.7. The van der Waals surface area contributed by atoms with Crippen molar-refractivity contribution in [1.82, 2.24) is 10.2 Å². The number of hydrogen-bond donors (Lipinski definition) is 1. The van der Waals surface area contributed by atoms with Crippen LogP contribution < -0.4 is 5.32 Å². The lowest BCUT2D eigenvalue weighted by Crippen LogP contribution is -2.31. The Balaban J connectivity index is 2.54. The average Bonchev–Trinajstić information content (AvgIpc) is 2.45. The molecule has 84 valence electrons. The molecule has 0 aliphatic carbocycles. The maximum atomic E-state index is 11.7. The largest absolute Gasteiger partial charge is 0.469 e. The van der Waals surface area contributed by atoms with Crippen LogP contribution in [0.5, 0.6) is 0 Å². The quantitative estimate of drug-likeness (QED) is 0.812. The summed E-state index contributed by atoms with van der Waals surface area (Å²) in [6, 6.07) is 0. The Hall–Kier alpha value is -1.29. The third kappa shape index (κ3) is 3.09. The highest BCUT2D eigenvalue weighted by Crippen LogP contribution is 2.14. The molecule has 0 aliphatic heterocycles. The molecule has 0 atom stereocenters. The number of likely N-dealkylation sites (N-methyl/N-ethyl adjacent to an activating group) is 1. The summed E-state index contributed by atoms with van der Waals surface area (Å²) < 4.78 is 5.17. The van der Waals surface area contributed by atoms with Crippen LogP contribution >= 0.6 is 0 Å². The van der Waals surface area contributed by atoms with Crippen molar-refractivity contribution in [2.75, 3.05) is 27.2 Å². The molecule has 0 spiro atoms. The zero-order valence-electron chi connectivity index (χ0n) is 9.76. The molecule has 0 bridgehead atoms. The van der Waals surface area contributed by atoms with Crippen molar-refractivity contribution in [2.24, 2.45) is 0 Å². The molecule has 1 rings (SSSR count). The van der Waals surface area contributed by atoms with E-state index >= 15 is 0 Å². The standard InChI is InChI=1S/C11H18N2O2/c1-8-7-15-9(2)10(8)11(14)12-5-6-13(3)4/h7H,5-6H2,1-4H3,(H,12,14). The lowest BCUT2D eigenvalue weighted by molar-refractivity contribution is 0.0949. The van der Waals surface area contributed by atoms with Gasteiger partial charge in [0.05, 0.1) is 11.8 Å². The molecule has 0 radical (unpaired) electrons. The first-order valence-corrected chi connectivity index (χ1v) is 5.00. The Morgan fingerprint density at radius 3 is 2.60 bits per heavy atom. The maximum absolute atomic E-state index is 11.7. The lowest BCUT2D eigenvalue weighted by atomic mass is 10.1. The van der Waals surface area contributed by atoms with Gasteiger partial charge in [-0.05, 0) is 27.9 Å². The smallest absolute Gasteiger partial charge is 0.255 e. The highest BCUT2D eigenvalue weighted by Gasteiger charge is 2.14. The van der Waals surface area contributed by atoms with Crippen molar-refractivity contribution in [3.63, 3.8) is 0 Å². The number of furan rings is 1. The van der Waals surface area contributed by atoms with E-state index in [0.29, 0.717) is 17.9 Å². The van der Waals surface area contributed by atoms with Gasteiger partial charge in [0.2, 0.25) is 0 Å². The van der Waals surface area contributed by atoms with Gasteiger partial charge in [-0.25, -0.2) is 0 Å². The van der Waals surface area contributed by atoms with Crippen LogP contribution in [0.25, 0.3) is 0 Å². The summed E-state index contributed by atoms with van der Waals surface area (Å²) in [6.45, 7) is 5.16. The van der Waals surface area contributed by atoms with Gasteiger partial charge in [0.15, 0.2) is 0 Å². The minimum atomic E-state index is -0.0550. The highest BCUT2D eigenvalue weighted by molar-refractivity contribution is 5.96. The summed E-state index contributed by atoms with van der Waals surface area (Å²) in [5, 5.41) is 2.86. The highest BCUT2D eigenvalue weighted by atomic mass is 16.3. The molecular formula is C11H18N2O2. The molecular weight excluding hydrogens is 192 g/mol. The number of carbonyl (C=O) groups excluding carboxylic acids is 1. The predicted molar refractivity (Wildman–Crippen MR) is 59.1 cm³/mol. The second-order valence-electron chi connectivity index (χ2n) is 3.91. The molecule has 0 saturated carbocycles. The Morgan fingerprint density at radius 1 is 1.47 bits per heavy atom. The minimum Gasteiger partial charge on any atom is -0.469 e. The van der Waals surface area contributed by atoms with Crippen LogP contribution in [0, 0.1) is 13.8 Å². The summed E-state index contributed by atoms with van der Waals surface area (Å²) in [5.74, 6) is 0.621. The fraction of sp³-hybridized carbons (Fsp3) is 0.545. The zero-order chi connectivity index (χ0) is 11.4. The molecule has 1 amide bonds. The van der Waals surface area contributed by atoms with E-state index in [-0.39, 0.29) is 5.91 Å². The van der Waals surface area contributed by atoms with E-state index < -0.39 is 0 Å². The minimum absolute atomic E-state index is 0.0550. The molecule has 1 N–H and O–H groups in total. The Kier molecular flexibility index (Phi) is 3.91. The van der Waals surface area contributed by atoms with Gasteiger partial charge in [-0.2, -0.15) is 0 Å². The molecule has 0 unspecified atom stereocenters. The molecule has 0 aromatic carbocycles. The molecule has 0 saturated heterocycles. The molecule has 0 aliphatic rings. The Bertz CT molecular complexity index is 323. The van der Waals surface area contributed by atoms with E-state index in [1.54, 1.807) is 13.2 Å². The van der Waals surface area contributed by atoms with E-state index in [9.17, 15) is 4.79 Å². The molecule has 1 aromatic rings. The average molecular weight is 210 g/mol. The van der Waals surface area contributed by atoms with Crippen molar-refractivity contribution in [2.45, 2.75) is 13.8 Å². The fourth-order valence-electron chi connectivity index (χ4n) is 1.39. The molecule has 1 aromatic heterocycles. The molecule has 1 heterocycles. The predicted octanol–water partition coefficient (Wildman–Crippen LogP) is 1.19. The van der Waals surface area contributed by atoms with Gasteiger partial charge in [0.1, 0.15) is 5.76 Å². The van der Waals surface area contributed by atoms with Crippen molar-refractivity contribution < 1.29 is 9.21 Å². The van der Waals surface area contributed by atoms with Gasteiger partial charge in [-0.1, -0.05) is 0 Å². The van der Waals surface area contributed by atoms with E-state index in [2.05, 4.69) is 5.32 Å². The first-order valence-electron chi connectivity index (χ1n) is 5.00. The topological polar surface area (TPSA) is 45.5 Å². The fourth-order valence-corrected chi connectivity index (χ4v) is 1.39. The number of nitrogens with one attached hydrogen (secondary N) is 1. The summed E-state index contributed by atoms with van der Waals surface area (Å²) in [7, 11) is 3.95. The van der Waals surface area contributed by atoms with E-state index in [1.807, 2.05) is 25.9 Å². The first-order chi connectivity index (χ1) is 7.02. The van der Waals surface area contributed by atoms with Crippen LogP contribution in [0.3, 0.4) is 0 Å². The number of hydrogen-bond acceptors (Lipinski definition) is 3. The number of nitrogens with zero attached hydrogens (tertiary/aromatic N) is 1. The zero-order valence-corrected chi connectivity index (χ0v) is 9.76. The third-order valence-electron chi connectivity index (χ3n) is 2.23. The van der Waals surface area contributed by atoms with E-state index in [1.165, 1.54) is 0 Å². The first kappa shape index (κ1) is 11.8. The lowest BCUT2D eigenvalue weighted by Gasteiger charge is -2.10. The van der Waals surface area contributed by atoms with Crippen molar-refractivity contribution in [3.8, 4) is 0 Å². The van der Waals surface area contributed by atoms with Crippen LogP contribution in [0.4, 0.5) is 0 Å².